The highest BCUT2D eigenvalue weighted by Gasteiger charge is 2.16. The molecule has 0 unspecified atom stereocenters. The van der Waals surface area contributed by atoms with E-state index in [0.29, 0.717) is 5.69 Å². The number of hydrogen-bond donors (Lipinski definition) is 1. The first-order valence-corrected chi connectivity index (χ1v) is 8.66. The van der Waals surface area contributed by atoms with Gasteiger partial charge in [-0.2, -0.15) is 8.78 Å². The van der Waals surface area contributed by atoms with Gasteiger partial charge in [0.25, 0.3) is 5.91 Å². The monoisotopic (exact) mass is 355 g/mol. The van der Waals surface area contributed by atoms with Crippen molar-refractivity contribution in [3.63, 3.8) is 0 Å². The molecule has 0 aliphatic carbocycles. The molecule has 0 aliphatic rings. The third-order valence-electron chi connectivity index (χ3n) is 3.20. The largest absolute Gasteiger partial charge is 0.434 e. The number of rotatable bonds is 6. The minimum atomic E-state index is -3.33. The average Bonchev–Trinajstić information content (AvgIpc) is 2.55. The van der Waals surface area contributed by atoms with E-state index in [1.54, 1.807) is 0 Å². The molecule has 0 atom stereocenters. The molecule has 0 saturated carbocycles. The SMILES string of the molecule is CCS(=O)(=O)c1ccc(NC(=O)c2ccccc2OC(F)F)cc1. The van der Waals surface area contributed by atoms with Crippen molar-refractivity contribution < 1.29 is 26.7 Å². The van der Waals surface area contributed by atoms with Crippen LogP contribution in [-0.4, -0.2) is 26.7 Å². The molecule has 2 aromatic carbocycles. The zero-order chi connectivity index (χ0) is 17.7. The fourth-order valence-electron chi connectivity index (χ4n) is 1.96. The van der Waals surface area contributed by atoms with E-state index in [1.165, 1.54) is 55.5 Å². The molecule has 0 heterocycles. The molecule has 2 aromatic rings. The van der Waals surface area contributed by atoms with Crippen LogP contribution in [0.2, 0.25) is 0 Å². The Morgan fingerprint density at radius 3 is 2.33 bits per heavy atom. The number of carbonyl (C=O) groups excluding carboxylic acids is 1. The molecule has 1 N–H and O–H groups in total. The molecule has 5 nitrogen and oxygen atoms in total. The summed E-state index contributed by atoms with van der Waals surface area (Å²) in [5.41, 5.74) is 0.282. The number of ether oxygens (including phenoxy) is 1. The maximum atomic E-state index is 12.4. The van der Waals surface area contributed by atoms with Gasteiger partial charge < -0.3 is 10.1 Å². The summed E-state index contributed by atoms with van der Waals surface area (Å²) in [4.78, 5) is 12.3. The number of amides is 1. The number of para-hydroxylation sites is 1. The van der Waals surface area contributed by atoms with Crippen LogP contribution in [0.25, 0.3) is 0 Å². The van der Waals surface area contributed by atoms with E-state index in [4.69, 9.17) is 0 Å². The molecule has 0 aliphatic heterocycles. The number of anilines is 1. The Kier molecular flexibility index (Phi) is 5.50. The molecule has 1 amide bonds. The van der Waals surface area contributed by atoms with E-state index in [0.717, 1.165) is 0 Å². The maximum absolute atomic E-state index is 12.4. The van der Waals surface area contributed by atoms with Crippen LogP contribution < -0.4 is 10.1 Å². The van der Waals surface area contributed by atoms with Gasteiger partial charge in [0.05, 0.1) is 16.2 Å². The van der Waals surface area contributed by atoms with Gasteiger partial charge in [-0.3, -0.25) is 4.79 Å². The number of halogens is 2. The minimum Gasteiger partial charge on any atom is -0.434 e. The third-order valence-corrected chi connectivity index (χ3v) is 4.95. The lowest BCUT2D eigenvalue weighted by atomic mass is 10.2. The Hall–Kier alpha value is -2.48. The van der Waals surface area contributed by atoms with E-state index >= 15 is 0 Å². The van der Waals surface area contributed by atoms with Crippen LogP contribution in [0.4, 0.5) is 14.5 Å². The predicted molar refractivity (Wildman–Crippen MR) is 85.2 cm³/mol. The normalized spacial score (nSPS) is 11.3. The van der Waals surface area contributed by atoms with Gasteiger partial charge in [-0.1, -0.05) is 19.1 Å². The lowest BCUT2D eigenvalue weighted by Crippen LogP contribution is -2.15. The first-order chi connectivity index (χ1) is 11.3. The van der Waals surface area contributed by atoms with E-state index in [9.17, 15) is 22.0 Å². The number of carbonyl (C=O) groups is 1. The second kappa shape index (κ2) is 7.39. The summed E-state index contributed by atoms with van der Waals surface area (Å²) in [6.07, 6.45) is 0. The molecule has 0 bridgehead atoms. The maximum Gasteiger partial charge on any atom is 0.387 e. The highest BCUT2D eigenvalue weighted by atomic mass is 32.2. The number of hydrogen-bond acceptors (Lipinski definition) is 4. The molecule has 0 spiro atoms. The first-order valence-electron chi connectivity index (χ1n) is 7.01. The van der Waals surface area contributed by atoms with E-state index < -0.39 is 22.4 Å². The first kappa shape index (κ1) is 17.9. The van der Waals surface area contributed by atoms with Gasteiger partial charge in [0.2, 0.25) is 0 Å². The van der Waals surface area contributed by atoms with Crippen molar-refractivity contribution in [2.75, 3.05) is 11.1 Å². The topological polar surface area (TPSA) is 72.5 Å². The molecule has 2 rings (SSSR count). The number of sulfone groups is 1. The molecular formula is C16H15F2NO4S. The van der Waals surface area contributed by atoms with Crippen molar-refractivity contribution in [1.29, 1.82) is 0 Å². The van der Waals surface area contributed by atoms with Gasteiger partial charge in [0.1, 0.15) is 5.75 Å². The van der Waals surface area contributed by atoms with Crippen LogP contribution in [0.1, 0.15) is 17.3 Å². The van der Waals surface area contributed by atoms with Crippen molar-refractivity contribution >= 4 is 21.4 Å². The van der Waals surface area contributed by atoms with Crippen LogP contribution in [0, 0.1) is 0 Å². The third kappa shape index (κ3) is 4.29. The highest BCUT2D eigenvalue weighted by Crippen LogP contribution is 2.22. The zero-order valence-corrected chi connectivity index (χ0v) is 13.5. The lowest BCUT2D eigenvalue weighted by molar-refractivity contribution is -0.0501. The summed E-state index contributed by atoms with van der Waals surface area (Å²) in [5.74, 6) is -0.913. The van der Waals surface area contributed by atoms with Gasteiger partial charge in [-0.05, 0) is 36.4 Å². The zero-order valence-electron chi connectivity index (χ0n) is 12.7. The summed E-state index contributed by atoms with van der Waals surface area (Å²) in [6.45, 7) is -1.51. The fourth-order valence-corrected chi connectivity index (χ4v) is 2.85. The Labute approximate surface area is 138 Å². The van der Waals surface area contributed by atoms with E-state index in [2.05, 4.69) is 10.1 Å². The molecule has 8 heteroatoms. The molecule has 0 radical (unpaired) electrons. The Bertz CT molecular complexity index is 820. The van der Waals surface area contributed by atoms with Crippen molar-refractivity contribution in [1.82, 2.24) is 0 Å². The van der Waals surface area contributed by atoms with Gasteiger partial charge in [-0.25, -0.2) is 8.42 Å². The van der Waals surface area contributed by atoms with Crippen LogP contribution in [0.5, 0.6) is 5.75 Å². The van der Waals surface area contributed by atoms with Gasteiger partial charge in [0, 0.05) is 5.69 Å². The predicted octanol–water partition coefficient (Wildman–Crippen LogP) is 3.33. The summed E-state index contributed by atoms with van der Waals surface area (Å²) < 4.78 is 52.5. The van der Waals surface area contributed by atoms with Crippen molar-refractivity contribution in [3.05, 3.63) is 54.1 Å². The van der Waals surface area contributed by atoms with Crippen LogP contribution in [0.3, 0.4) is 0 Å². The Morgan fingerprint density at radius 2 is 1.75 bits per heavy atom. The summed E-state index contributed by atoms with van der Waals surface area (Å²) in [5, 5.41) is 2.51. The van der Waals surface area contributed by atoms with E-state index in [-0.39, 0.29) is 22.0 Å². The average molecular weight is 355 g/mol. The molecule has 0 aromatic heterocycles. The Morgan fingerprint density at radius 1 is 1.12 bits per heavy atom. The Balaban J connectivity index is 2.19. The van der Waals surface area contributed by atoms with Crippen LogP contribution in [-0.2, 0) is 9.84 Å². The number of benzene rings is 2. The second-order valence-electron chi connectivity index (χ2n) is 4.76. The second-order valence-corrected chi connectivity index (χ2v) is 7.03. The summed E-state index contributed by atoms with van der Waals surface area (Å²) >= 11 is 0. The standard InChI is InChI=1S/C16H15F2NO4S/c1-2-24(21,22)12-9-7-11(8-10-12)19-15(20)13-5-3-4-6-14(13)23-16(17)18/h3-10,16H,2H2,1H3,(H,19,20). The van der Waals surface area contributed by atoms with Crippen molar-refractivity contribution in [2.45, 2.75) is 18.4 Å². The molecule has 0 fully saturated rings. The summed E-state index contributed by atoms with van der Waals surface area (Å²) in [7, 11) is -3.33. The number of nitrogens with one attached hydrogen (secondary N) is 1. The molecule has 128 valence electrons. The van der Waals surface area contributed by atoms with Gasteiger partial charge in [0.15, 0.2) is 9.84 Å². The minimum absolute atomic E-state index is 0.0307. The number of alkyl halides is 2. The smallest absolute Gasteiger partial charge is 0.387 e. The highest BCUT2D eigenvalue weighted by molar-refractivity contribution is 7.91. The quantitative estimate of drug-likeness (QED) is 0.863. The molecular weight excluding hydrogens is 340 g/mol. The summed E-state index contributed by atoms with van der Waals surface area (Å²) in [6, 6.07) is 11.2. The van der Waals surface area contributed by atoms with E-state index in [1.807, 2.05) is 0 Å². The van der Waals surface area contributed by atoms with Gasteiger partial charge >= 0.3 is 6.61 Å². The van der Waals surface area contributed by atoms with Crippen molar-refractivity contribution in [2.24, 2.45) is 0 Å². The van der Waals surface area contributed by atoms with Gasteiger partial charge in [-0.15, -0.1) is 0 Å². The van der Waals surface area contributed by atoms with Crippen LogP contribution in [0.15, 0.2) is 53.4 Å². The van der Waals surface area contributed by atoms with Crippen LogP contribution >= 0.6 is 0 Å². The van der Waals surface area contributed by atoms with Crippen molar-refractivity contribution in [3.8, 4) is 5.75 Å². The molecule has 0 saturated heterocycles. The fraction of sp³-hybridized carbons (Fsp3) is 0.188. The molecule has 24 heavy (non-hydrogen) atoms. The lowest BCUT2D eigenvalue weighted by Gasteiger charge is -2.11.